The van der Waals surface area contributed by atoms with E-state index in [0.29, 0.717) is 16.1 Å². The molecule has 0 bridgehead atoms. The Morgan fingerprint density at radius 3 is 1.82 bits per heavy atom. The average molecular weight is 341 g/mol. The SMILES string of the molecule is Cc1c(Cl)cccc1C(=O)O.Cc1cccc(Cl)c1C(=O)O. The molecule has 0 aliphatic carbocycles. The third-order valence-corrected chi connectivity index (χ3v) is 3.66. The molecule has 0 aliphatic rings. The molecule has 0 aromatic heterocycles. The second kappa shape index (κ2) is 7.82. The Balaban J connectivity index is 0.000000220. The number of benzene rings is 2. The third kappa shape index (κ3) is 4.48. The summed E-state index contributed by atoms with van der Waals surface area (Å²) in [7, 11) is 0. The van der Waals surface area contributed by atoms with Crippen LogP contribution in [0.3, 0.4) is 0 Å². The summed E-state index contributed by atoms with van der Waals surface area (Å²) in [4.78, 5) is 21.1. The maximum atomic E-state index is 10.6. The Kier molecular flexibility index (Phi) is 6.40. The predicted octanol–water partition coefficient (Wildman–Crippen LogP) is 4.69. The molecule has 2 N–H and O–H groups in total. The Morgan fingerprint density at radius 1 is 0.864 bits per heavy atom. The van der Waals surface area contributed by atoms with Crippen LogP contribution in [0.4, 0.5) is 0 Å². The van der Waals surface area contributed by atoms with Gasteiger partial charge in [0.15, 0.2) is 0 Å². The fourth-order valence-corrected chi connectivity index (χ4v) is 2.22. The van der Waals surface area contributed by atoms with Crippen molar-refractivity contribution in [3.8, 4) is 0 Å². The molecule has 6 heteroatoms. The van der Waals surface area contributed by atoms with E-state index in [1.54, 1.807) is 44.2 Å². The Morgan fingerprint density at radius 2 is 1.41 bits per heavy atom. The zero-order valence-corrected chi connectivity index (χ0v) is 13.4. The van der Waals surface area contributed by atoms with E-state index in [-0.39, 0.29) is 16.1 Å². The van der Waals surface area contributed by atoms with Gasteiger partial charge < -0.3 is 10.2 Å². The fourth-order valence-electron chi connectivity index (χ4n) is 1.74. The first-order valence-corrected chi connectivity index (χ1v) is 6.98. The molecule has 0 amide bonds. The number of hydrogen-bond donors (Lipinski definition) is 2. The lowest BCUT2D eigenvalue weighted by Gasteiger charge is -2.00. The lowest BCUT2D eigenvalue weighted by molar-refractivity contribution is 0.0685. The number of carbonyl (C=O) groups is 2. The first-order chi connectivity index (χ1) is 10.3. The number of halogens is 2. The molecule has 0 aliphatic heterocycles. The molecule has 0 atom stereocenters. The van der Waals surface area contributed by atoms with E-state index < -0.39 is 11.9 Å². The monoisotopic (exact) mass is 340 g/mol. The number of aromatic carboxylic acids is 2. The summed E-state index contributed by atoms with van der Waals surface area (Å²) >= 11 is 11.3. The van der Waals surface area contributed by atoms with Crippen LogP contribution in [0.2, 0.25) is 10.0 Å². The van der Waals surface area contributed by atoms with Crippen LogP contribution in [-0.2, 0) is 0 Å². The van der Waals surface area contributed by atoms with Crippen molar-refractivity contribution in [1.29, 1.82) is 0 Å². The number of aryl methyl sites for hydroxylation is 1. The molecule has 0 unspecified atom stereocenters. The minimum absolute atomic E-state index is 0.189. The van der Waals surface area contributed by atoms with Crippen LogP contribution in [0, 0.1) is 13.8 Å². The molecule has 0 spiro atoms. The highest BCUT2D eigenvalue weighted by Gasteiger charge is 2.10. The zero-order chi connectivity index (χ0) is 16.9. The first kappa shape index (κ1) is 18.0. The van der Waals surface area contributed by atoms with E-state index in [2.05, 4.69) is 0 Å². The summed E-state index contributed by atoms with van der Waals surface area (Å²) in [5.74, 6) is -1.92. The van der Waals surface area contributed by atoms with Crippen molar-refractivity contribution in [3.05, 3.63) is 68.7 Å². The topological polar surface area (TPSA) is 74.6 Å². The summed E-state index contributed by atoms with van der Waals surface area (Å²) in [6.07, 6.45) is 0. The second-order valence-electron chi connectivity index (χ2n) is 4.45. The van der Waals surface area contributed by atoms with Gasteiger partial charge in [-0.05, 0) is 43.2 Å². The van der Waals surface area contributed by atoms with Gasteiger partial charge in [0, 0.05) is 5.02 Å². The molecule has 2 rings (SSSR count). The average Bonchev–Trinajstić information content (AvgIpc) is 2.41. The first-order valence-electron chi connectivity index (χ1n) is 6.22. The van der Waals surface area contributed by atoms with Gasteiger partial charge in [-0.3, -0.25) is 0 Å². The van der Waals surface area contributed by atoms with Gasteiger partial charge in [-0.15, -0.1) is 0 Å². The third-order valence-electron chi connectivity index (χ3n) is 2.93. The van der Waals surface area contributed by atoms with Crippen molar-refractivity contribution in [1.82, 2.24) is 0 Å². The summed E-state index contributed by atoms with van der Waals surface area (Å²) in [6, 6.07) is 9.84. The van der Waals surface area contributed by atoms with E-state index in [9.17, 15) is 9.59 Å². The van der Waals surface area contributed by atoms with Crippen LogP contribution >= 0.6 is 23.2 Å². The smallest absolute Gasteiger partial charge is 0.337 e. The van der Waals surface area contributed by atoms with Gasteiger partial charge in [-0.2, -0.15) is 0 Å². The molecule has 0 radical (unpaired) electrons. The molecular formula is C16H14Cl2O4. The van der Waals surface area contributed by atoms with Crippen molar-refractivity contribution >= 4 is 35.1 Å². The van der Waals surface area contributed by atoms with Crippen molar-refractivity contribution in [2.24, 2.45) is 0 Å². The van der Waals surface area contributed by atoms with Crippen LogP contribution in [0.5, 0.6) is 0 Å². The van der Waals surface area contributed by atoms with E-state index in [0.717, 1.165) is 0 Å². The molecule has 0 saturated carbocycles. The zero-order valence-electron chi connectivity index (χ0n) is 11.9. The number of carboxylic acids is 2. The van der Waals surface area contributed by atoms with Gasteiger partial charge in [0.25, 0.3) is 0 Å². The van der Waals surface area contributed by atoms with Crippen molar-refractivity contribution < 1.29 is 19.8 Å². The highest BCUT2D eigenvalue weighted by molar-refractivity contribution is 6.33. The number of carboxylic acid groups (broad SMARTS) is 2. The lowest BCUT2D eigenvalue weighted by Crippen LogP contribution is -1.99. The van der Waals surface area contributed by atoms with Crippen LogP contribution in [0.25, 0.3) is 0 Å². The van der Waals surface area contributed by atoms with Crippen LogP contribution in [0.15, 0.2) is 36.4 Å². The molecule has 22 heavy (non-hydrogen) atoms. The molecule has 0 fully saturated rings. The van der Waals surface area contributed by atoms with Crippen LogP contribution in [-0.4, -0.2) is 22.2 Å². The van der Waals surface area contributed by atoms with Crippen molar-refractivity contribution in [3.63, 3.8) is 0 Å². The van der Waals surface area contributed by atoms with Gasteiger partial charge >= 0.3 is 11.9 Å². The maximum Gasteiger partial charge on any atom is 0.337 e. The lowest BCUT2D eigenvalue weighted by atomic mass is 10.1. The summed E-state index contributed by atoms with van der Waals surface area (Å²) < 4.78 is 0. The minimum atomic E-state index is -0.979. The number of rotatable bonds is 2. The number of hydrogen-bond acceptors (Lipinski definition) is 2. The largest absolute Gasteiger partial charge is 0.478 e. The predicted molar refractivity (Wildman–Crippen MR) is 86.3 cm³/mol. The van der Waals surface area contributed by atoms with Gasteiger partial charge in [0.1, 0.15) is 0 Å². The van der Waals surface area contributed by atoms with Crippen molar-refractivity contribution in [2.75, 3.05) is 0 Å². The van der Waals surface area contributed by atoms with Gasteiger partial charge in [0.05, 0.1) is 16.1 Å². The van der Waals surface area contributed by atoms with Crippen LogP contribution in [0.1, 0.15) is 31.8 Å². The molecular weight excluding hydrogens is 327 g/mol. The molecule has 2 aromatic carbocycles. The standard InChI is InChI=1S/2C8H7ClO2/c1-5-6(8(10)11)3-2-4-7(5)9;1-5-3-2-4-6(9)7(5)8(10)11/h2*2-4H,1H3,(H,10,11). The summed E-state index contributed by atoms with van der Waals surface area (Å²) in [5.41, 5.74) is 1.75. The van der Waals surface area contributed by atoms with E-state index >= 15 is 0 Å². The summed E-state index contributed by atoms with van der Waals surface area (Å²) in [6.45, 7) is 3.40. The highest BCUT2D eigenvalue weighted by atomic mass is 35.5. The quantitative estimate of drug-likeness (QED) is 0.831. The van der Waals surface area contributed by atoms with E-state index in [1.165, 1.54) is 6.07 Å². The normalized spacial score (nSPS) is 9.64. The molecule has 4 nitrogen and oxygen atoms in total. The Bertz CT molecular complexity index is 691. The van der Waals surface area contributed by atoms with Crippen LogP contribution < -0.4 is 0 Å². The maximum absolute atomic E-state index is 10.6. The van der Waals surface area contributed by atoms with Gasteiger partial charge in [0.2, 0.25) is 0 Å². The molecule has 0 saturated heterocycles. The molecule has 116 valence electrons. The highest BCUT2D eigenvalue weighted by Crippen LogP contribution is 2.19. The van der Waals surface area contributed by atoms with E-state index in [1.807, 2.05) is 0 Å². The summed E-state index contributed by atoms with van der Waals surface area (Å²) in [5, 5.41) is 18.1. The Labute approximate surface area is 137 Å². The molecule has 0 heterocycles. The molecule has 2 aromatic rings. The van der Waals surface area contributed by atoms with Gasteiger partial charge in [-0.25, -0.2) is 9.59 Å². The fraction of sp³-hybridized carbons (Fsp3) is 0.125. The second-order valence-corrected chi connectivity index (χ2v) is 5.27. The minimum Gasteiger partial charge on any atom is -0.478 e. The van der Waals surface area contributed by atoms with E-state index in [4.69, 9.17) is 33.4 Å². The Hall–Kier alpha value is -2.04. The van der Waals surface area contributed by atoms with Crippen molar-refractivity contribution in [2.45, 2.75) is 13.8 Å². The van der Waals surface area contributed by atoms with Gasteiger partial charge in [-0.1, -0.05) is 41.4 Å².